The third-order valence-corrected chi connectivity index (χ3v) is 7.52. The van der Waals surface area contributed by atoms with Crippen LogP contribution >= 0.6 is 0 Å². The van der Waals surface area contributed by atoms with E-state index in [4.69, 9.17) is 4.74 Å². The molecular weight excluding hydrogens is 452 g/mol. The number of aryl methyl sites for hydroxylation is 1. The number of carbonyl (C=O) groups is 1. The quantitative estimate of drug-likeness (QED) is 0.488. The number of carbonyl (C=O) groups excluding carboxylic acids is 1. The zero-order valence-electron chi connectivity index (χ0n) is 19.5. The highest BCUT2D eigenvalue weighted by atomic mass is 32.2. The van der Waals surface area contributed by atoms with Gasteiger partial charge in [-0.05, 0) is 56.5 Å². The largest absolute Gasteiger partial charge is 0.377 e. The van der Waals surface area contributed by atoms with E-state index in [0.717, 1.165) is 35.4 Å². The number of hydrogen-bond donors (Lipinski definition) is 2. The molecule has 1 aromatic heterocycles. The summed E-state index contributed by atoms with van der Waals surface area (Å²) < 4.78 is 35.0. The minimum atomic E-state index is -3.65. The lowest BCUT2D eigenvalue weighted by Crippen LogP contribution is -2.31. The Kier molecular flexibility index (Phi) is 7.45. The summed E-state index contributed by atoms with van der Waals surface area (Å²) in [7, 11) is -3.65. The van der Waals surface area contributed by atoms with Gasteiger partial charge in [-0.1, -0.05) is 30.3 Å². The van der Waals surface area contributed by atoms with E-state index >= 15 is 0 Å². The summed E-state index contributed by atoms with van der Waals surface area (Å²) in [6.45, 7) is 5.85. The van der Waals surface area contributed by atoms with Crippen LogP contribution in [-0.4, -0.2) is 43.4 Å². The highest BCUT2D eigenvalue weighted by Gasteiger charge is 2.21. The van der Waals surface area contributed by atoms with Crippen molar-refractivity contribution in [3.8, 4) is 0 Å². The summed E-state index contributed by atoms with van der Waals surface area (Å²) >= 11 is 0. The van der Waals surface area contributed by atoms with Crippen LogP contribution in [0.3, 0.4) is 0 Å². The lowest BCUT2D eigenvalue weighted by molar-refractivity contribution is 0.0950. The van der Waals surface area contributed by atoms with Crippen molar-refractivity contribution >= 4 is 15.9 Å². The number of hydrogen-bond acceptors (Lipinski definition) is 5. The molecule has 3 aromatic rings. The van der Waals surface area contributed by atoms with Gasteiger partial charge in [-0.15, -0.1) is 0 Å². The summed E-state index contributed by atoms with van der Waals surface area (Å²) in [5, 5.41) is 7.54. The van der Waals surface area contributed by atoms with Gasteiger partial charge in [0.15, 0.2) is 0 Å². The molecule has 0 bridgehead atoms. The normalized spacial score (nSPS) is 16.0. The Morgan fingerprint density at radius 3 is 2.53 bits per heavy atom. The highest BCUT2D eigenvalue weighted by molar-refractivity contribution is 7.89. The van der Waals surface area contributed by atoms with E-state index in [2.05, 4.69) is 27.3 Å². The van der Waals surface area contributed by atoms with E-state index in [9.17, 15) is 13.2 Å². The second-order valence-electron chi connectivity index (χ2n) is 8.49. The average Bonchev–Trinajstić information content (AvgIpc) is 3.45. The van der Waals surface area contributed by atoms with E-state index in [-0.39, 0.29) is 23.5 Å². The van der Waals surface area contributed by atoms with Crippen LogP contribution in [0.15, 0.2) is 59.5 Å². The zero-order chi connectivity index (χ0) is 24.1. The third-order valence-electron chi connectivity index (χ3n) is 6.08. The summed E-state index contributed by atoms with van der Waals surface area (Å²) in [6, 6.07) is 16.0. The lowest BCUT2D eigenvalue weighted by atomic mass is 10.1. The molecule has 1 fully saturated rings. The first kappa shape index (κ1) is 24.1. The van der Waals surface area contributed by atoms with E-state index in [1.165, 1.54) is 24.3 Å². The first-order valence-corrected chi connectivity index (χ1v) is 12.9. The first-order valence-electron chi connectivity index (χ1n) is 11.4. The van der Waals surface area contributed by atoms with Crippen molar-refractivity contribution in [3.63, 3.8) is 0 Å². The zero-order valence-corrected chi connectivity index (χ0v) is 20.3. The van der Waals surface area contributed by atoms with E-state index in [1.807, 2.05) is 36.7 Å². The first-order chi connectivity index (χ1) is 16.3. The van der Waals surface area contributed by atoms with Crippen molar-refractivity contribution in [1.29, 1.82) is 0 Å². The molecule has 1 aliphatic rings. The number of aromatic nitrogens is 2. The Balaban J connectivity index is 1.36. The Bertz CT molecular complexity index is 1230. The molecule has 180 valence electrons. The van der Waals surface area contributed by atoms with E-state index in [0.29, 0.717) is 25.3 Å². The molecule has 0 aliphatic carbocycles. The van der Waals surface area contributed by atoms with Gasteiger partial charge in [0.25, 0.3) is 5.91 Å². The molecule has 1 atom stereocenters. The third kappa shape index (κ3) is 5.72. The number of sulfonamides is 1. The van der Waals surface area contributed by atoms with Gasteiger partial charge in [0.05, 0.1) is 23.2 Å². The van der Waals surface area contributed by atoms with Crippen molar-refractivity contribution in [2.45, 2.75) is 50.8 Å². The standard InChI is InChI=1S/C25H30N4O4S/c1-18-24(19(2)29(28-18)17-20-7-4-3-5-8-20)16-26-25(30)21-10-12-23(13-11-21)34(31,32)27-15-22-9-6-14-33-22/h3-5,7-8,10-13,22,27H,6,9,14-17H2,1-2H3,(H,26,30)/t22-/m0/s1. The minimum Gasteiger partial charge on any atom is -0.377 e. The van der Waals surface area contributed by atoms with Crippen molar-refractivity contribution in [2.75, 3.05) is 13.2 Å². The maximum atomic E-state index is 12.7. The van der Waals surface area contributed by atoms with Gasteiger partial charge in [0.2, 0.25) is 10.0 Å². The Labute approximate surface area is 200 Å². The molecule has 2 heterocycles. The summed E-state index contributed by atoms with van der Waals surface area (Å²) in [5.74, 6) is -0.272. The molecule has 0 unspecified atom stereocenters. The topological polar surface area (TPSA) is 102 Å². The SMILES string of the molecule is Cc1nn(Cc2ccccc2)c(C)c1CNC(=O)c1ccc(S(=O)(=O)NC[C@@H]2CCCO2)cc1. The van der Waals surface area contributed by atoms with E-state index < -0.39 is 10.0 Å². The summed E-state index contributed by atoms with van der Waals surface area (Å²) in [6.07, 6.45) is 1.72. The second kappa shape index (κ2) is 10.5. The van der Waals surface area contributed by atoms with Crippen LogP contribution in [0.4, 0.5) is 0 Å². The number of ether oxygens (including phenoxy) is 1. The van der Waals surface area contributed by atoms with Crippen LogP contribution in [0.2, 0.25) is 0 Å². The summed E-state index contributed by atoms with van der Waals surface area (Å²) in [5.41, 5.74) is 4.39. The fraction of sp³-hybridized carbons (Fsp3) is 0.360. The molecule has 2 N–H and O–H groups in total. The van der Waals surface area contributed by atoms with Gasteiger partial charge in [-0.3, -0.25) is 9.48 Å². The number of nitrogens with zero attached hydrogens (tertiary/aromatic N) is 2. The number of benzene rings is 2. The highest BCUT2D eigenvalue weighted by Crippen LogP contribution is 2.16. The average molecular weight is 483 g/mol. The molecule has 4 rings (SSSR count). The van der Waals surface area contributed by atoms with Crippen LogP contribution in [-0.2, 0) is 27.8 Å². The molecule has 1 aliphatic heterocycles. The molecule has 0 radical (unpaired) electrons. The van der Waals surface area contributed by atoms with Crippen LogP contribution in [0, 0.1) is 13.8 Å². The molecule has 0 saturated carbocycles. The van der Waals surface area contributed by atoms with Gasteiger partial charge in [0.1, 0.15) is 0 Å². The molecule has 1 amide bonds. The molecule has 0 spiro atoms. The fourth-order valence-electron chi connectivity index (χ4n) is 4.05. The van der Waals surface area contributed by atoms with Crippen LogP contribution < -0.4 is 10.0 Å². The maximum Gasteiger partial charge on any atom is 0.251 e. The monoisotopic (exact) mass is 482 g/mol. The Morgan fingerprint density at radius 1 is 1.12 bits per heavy atom. The van der Waals surface area contributed by atoms with Crippen molar-refractivity contribution < 1.29 is 17.9 Å². The van der Waals surface area contributed by atoms with Crippen LogP contribution in [0.25, 0.3) is 0 Å². The molecule has 2 aromatic carbocycles. The predicted octanol–water partition coefficient (Wildman–Crippen LogP) is 2.94. The van der Waals surface area contributed by atoms with Crippen LogP contribution in [0.5, 0.6) is 0 Å². The van der Waals surface area contributed by atoms with Crippen molar-refractivity contribution in [3.05, 3.63) is 82.7 Å². The molecule has 1 saturated heterocycles. The van der Waals surface area contributed by atoms with Crippen molar-refractivity contribution in [1.82, 2.24) is 19.8 Å². The van der Waals surface area contributed by atoms with Crippen LogP contribution in [0.1, 0.15) is 45.7 Å². The van der Waals surface area contributed by atoms with Gasteiger partial charge >= 0.3 is 0 Å². The Hall–Kier alpha value is -3.01. The molecule has 9 heteroatoms. The maximum absolute atomic E-state index is 12.7. The molecule has 8 nitrogen and oxygen atoms in total. The predicted molar refractivity (Wildman–Crippen MR) is 129 cm³/mol. The van der Waals surface area contributed by atoms with Crippen molar-refractivity contribution in [2.24, 2.45) is 0 Å². The van der Waals surface area contributed by atoms with Gasteiger partial charge in [-0.2, -0.15) is 5.10 Å². The number of amides is 1. The minimum absolute atomic E-state index is 0.0798. The molecular formula is C25H30N4O4S. The number of rotatable bonds is 9. The lowest BCUT2D eigenvalue weighted by Gasteiger charge is -2.12. The van der Waals surface area contributed by atoms with Gasteiger partial charge in [-0.25, -0.2) is 13.1 Å². The molecule has 34 heavy (non-hydrogen) atoms. The fourth-order valence-corrected chi connectivity index (χ4v) is 5.11. The summed E-state index contributed by atoms with van der Waals surface area (Å²) in [4.78, 5) is 12.8. The number of nitrogens with one attached hydrogen (secondary N) is 2. The van der Waals surface area contributed by atoms with Gasteiger partial charge in [0, 0.05) is 36.5 Å². The van der Waals surface area contributed by atoms with E-state index in [1.54, 1.807) is 0 Å². The van der Waals surface area contributed by atoms with Gasteiger partial charge < -0.3 is 10.1 Å². The second-order valence-corrected chi connectivity index (χ2v) is 10.3. The Morgan fingerprint density at radius 2 is 1.85 bits per heavy atom. The smallest absolute Gasteiger partial charge is 0.251 e.